The number of benzene rings is 1. The van der Waals surface area contributed by atoms with Crippen LogP contribution in [0.1, 0.15) is 39.0 Å². The third-order valence-corrected chi connectivity index (χ3v) is 3.55. The predicted molar refractivity (Wildman–Crippen MR) is 93.2 cm³/mol. The number of anilines is 2. The molecule has 2 amide bonds. The second-order valence-corrected chi connectivity index (χ2v) is 5.46. The Balaban J connectivity index is 0.00000264. The maximum Gasteiger partial charge on any atom is 0.265 e. The summed E-state index contributed by atoms with van der Waals surface area (Å²) >= 11 is 0. The summed E-state index contributed by atoms with van der Waals surface area (Å²) in [5, 5.41) is 5.60. The van der Waals surface area contributed by atoms with Crippen LogP contribution in [0.15, 0.2) is 18.2 Å². The number of amides is 2. The Morgan fingerprint density at radius 1 is 1.30 bits per heavy atom. The standard InChI is InChI=1S/C16H23N3O3.ClH/c1-11-16(21)19-13-10-12(7-8-14(13)22-11)18-15(20)6-4-2-3-5-9-17;/h7-8,10-11H,2-6,9,17H2,1H3,(H,18,20)(H,19,21);1H. The van der Waals surface area contributed by atoms with Crippen LogP contribution in [0.25, 0.3) is 0 Å². The molecule has 0 saturated carbocycles. The molecule has 1 unspecified atom stereocenters. The maximum atomic E-state index is 11.9. The molecule has 128 valence electrons. The van der Waals surface area contributed by atoms with Crippen LogP contribution in [0, 0.1) is 0 Å². The molecule has 0 bridgehead atoms. The van der Waals surface area contributed by atoms with E-state index in [1.165, 1.54) is 0 Å². The van der Waals surface area contributed by atoms with Gasteiger partial charge >= 0.3 is 0 Å². The average molecular weight is 342 g/mol. The number of unbranched alkanes of at least 4 members (excludes halogenated alkanes) is 3. The molecule has 1 aliphatic rings. The Kier molecular flexibility index (Phi) is 7.85. The molecule has 0 aromatic heterocycles. The van der Waals surface area contributed by atoms with Crippen molar-refractivity contribution >= 4 is 35.6 Å². The largest absolute Gasteiger partial charge is 0.479 e. The van der Waals surface area contributed by atoms with Gasteiger partial charge in [-0.1, -0.05) is 12.8 Å². The van der Waals surface area contributed by atoms with Crippen LogP contribution in [0.4, 0.5) is 11.4 Å². The van der Waals surface area contributed by atoms with Gasteiger partial charge < -0.3 is 21.1 Å². The van der Waals surface area contributed by atoms with Gasteiger partial charge in [-0.2, -0.15) is 0 Å². The summed E-state index contributed by atoms with van der Waals surface area (Å²) < 4.78 is 5.47. The highest BCUT2D eigenvalue weighted by atomic mass is 35.5. The lowest BCUT2D eigenvalue weighted by Crippen LogP contribution is -2.34. The van der Waals surface area contributed by atoms with Gasteiger partial charge in [0.1, 0.15) is 5.75 Å². The number of nitrogens with one attached hydrogen (secondary N) is 2. The van der Waals surface area contributed by atoms with Crippen molar-refractivity contribution in [2.45, 2.75) is 45.1 Å². The van der Waals surface area contributed by atoms with Gasteiger partial charge in [0.2, 0.25) is 5.91 Å². The van der Waals surface area contributed by atoms with Crippen molar-refractivity contribution in [3.05, 3.63) is 18.2 Å². The highest BCUT2D eigenvalue weighted by Gasteiger charge is 2.23. The van der Waals surface area contributed by atoms with Crippen LogP contribution in [0.3, 0.4) is 0 Å². The number of carbonyl (C=O) groups excluding carboxylic acids is 2. The van der Waals surface area contributed by atoms with E-state index in [9.17, 15) is 9.59 Å². The van der Waals surface area contributed by atoms with E-state index in [0.29, 0.717) is 30.1 Å². The molecule has 1 aromatic rings. The van der Waals surface area contributed by atoms with Crippen LogP contribution in [-0.2, 0) is 9.59 Å². The van der Waals surface area contributed by atoms with E-state index in [-0.39, 0.29) is 24.2 Å². The summed E-state index contributed by atoms with van der Waals surface area (Å²) in [4.78, 5) is 23.5. The fraction of sp³-hybridized carbons (Fsp3) is 0.500. The summed E-state index contributed by atoms with van der Waals surface area (Å²) in [6.45, 7) is 2.40. The molecular weight excluding hydrogens is 318 g/mol. The smallest absolute Gasteiger partial charge is 0.265 e. The van der Waals surface area contributed by atoms with Gasteiger partial charge in [0.05, 0.1) is 5.69 Å². The molecule has 1 heterocycles. The minimum atomic E-state index is -0.499. The zero-order valence-electron chi connectivity index (χ0n) is 13.3. The molecule has 0 radical (unpaired) electrons. The predicted octanol–water partition coefficient (Wildman–Crippen LogP) is 2.68. The van der Waals surface area contributed by atoms with Gasteiger partial charge in [-0.3, -0.25) is 9.59 Å². The quantitative estimate of drug-likeness (QED) is 0.665. The number of hydrogen-bond acceptors (Lipinski definition) is 4. The topological polar surface area (TPSA) is 93.4 Å². The van der Waals surface area contributed by atoms with Crippen LogP contribution >= 0.6 is 12.4 Å². The summed E-state index contributed by atoms with van der Waals surface area (Å²) in [6.07, 6.45) is 3.92. The molecule has 1 aliphatic heterocycles. The molecule has 1 aromatic carbocycles. The first-order chi connectivity index (χ1) is 10.6. The zero-order valence-corrected chi connectivity index (χ0v) is 14.1. The molecular formula is C16H24ClN3O3. The lowest BCUT2D eigenvalue weighted by molar-refractivity contribution is -0.122. The Labute approximate surface area is 142 Å². The normalized spacial score (nSPS) is 15.7. The van der Waals surface area contributed by atoms with Crippen molar-refractivity contribution in [3.63, 3.8) is 0 Å². The number of rotatable bonds is 7. The average Bonchev–Trinajstić information content (AvgIpc) is 2.48. The third kappa shape index (κ3) is 5.73. The van der Waals surface area contributed by atoms with Crippen LogP contribution in [-0.4, -0.2) is 24.5 Å². The van der Waals surface area contributed by atoms with Crippen LogP contribution < -0.4 is 21.1 Å². The van der Waals surface area contributed by atoms with Gasteiger partial charge in [-0.05, 0) is 44.5 Å². The van der Waals surface area contributed by atoms with E-state index in [4.69, 9.17) is 10.5 Å². The van der Waals surface area contributed by atoms with Crippen molar-refractivity contribution < 1.29 is 14.3 Å². The van der Waals surface area contributed by atoms with Crippen molar-refractivity contribution in [2.75, 3.05) is 17.2 Å². The number of hydrogen-bond donors (Lipinski definition) is 3. The second kappa shape index (κ2) is 9.37. The van der Waals surface area contributed by atoms with Crippen LogP contribution in [0.2, 0.25) is 0 Å². The highest BCUT2D eigenvalue weighted by molar-refractivity contribution is 5.99. The number of fused-ring (bicyclic) bond motifs is 1. The molecule has 0 aliphatic carbocycles. The van der Waals surface area contributed by atoms with Crippen molar-refractivity contribution in [1.82, 2.24) is 0 Å². The number of carbonyl (C=O) groups is 2. The lowest BCUT2D eigenvalue weighted by Gasteiger charge is -2.23. The Bertz CT molecular complexity index is 551. The van der Waals surface area contributed by atoms with Crippen molar-refractivity contribution in [3.8, 4) is 5.75 Å². The number of halogens is 1. The zero-order chi connectivity index (χ0) is 15.9. The van der Waals surface area contributed by atoms with Crippen molar-refractivity contribution in [1.29, 1.82) is 0 Å². The van der Waals surface area contributed by atoms with E-state index in [0.717, 1.165) is 25.7 Å². The number of nitrogens with two attached hydrogens (primary N) is 1. The first-order valence-electron chi connectivity index (χ1n) is 7.71. The Morgan fingerprint density at radius 2 is 2.04 bits per heavy atom. The first kappa shape index (κ1) is 19.3. The van der Waals surface area contributed by atoms with Crippen LogP contribution in [0.5, 0.6) is 5.75 Å². The van der Waals surface area contributed by atoms with Gasteiger partial charge in [-0.25, -0.2) is 0 Å². The van der Waals surface area contributed by atoms with E-state index >= 15 is 0 Å². The molecule has 0 spiro atoms. The van der Waals surface area contributed by atoms with Gasteiger partial charge in [0.15, 0.2) is 6.10 Å². The van der Waals surface area contributed by atoms with E-state index in [2.05, 4.69) is 10.6 Å². The molecule has 7 heteroatoms. The van der Waals surface area contributed by atoms with E-state index < -0.39 is 6.10 Å². The monoisotopic (exact) mass is 341 g/mol. The summed E-state index contributed by atoms with van der Waals surface area (Å²) in [7, 11) is 0. The minimum Gasteiger partial charge on any atom is -0.479 e. The highest BCUT2D eigenvalue weighted by Crippen LogP contribution is 2.32. The van der Waals surface area contributed by atoms with Gasteiger partial charge in [-0.15, -0.1) is 12.4 Å². The summed E-state index contributed by atoms with van der Waals surface area (Å²) in [6, 6.07) is 5.24. The van der Waals surface area contributed by atoms with E-state index in [1.807, 2.05) is 0 Å². The fourth-order valence-corrected chi connectivity index (χ4v) is 2.29. The van der Waals surface area contributed by atoms with E-state index in [1.54, 1.807) is 25.1 Å². The van der Waals surface area contributed by atoms with Gasteiger partial charge in [0, 0.05) is 12.1 Å². The van der Waals surface area contributed by atoms with Gasteiger partial charge in [0.25, 0.3) is 5.91 Å². The minimum absolute atomic E-state index is 0. The Hall–Kier alpha value is -1.79. The first-order valence-corrected chi connectivity index (χ1v) is 7.71. The number of ether oxygens (including phenoxy) is 1. The SMILES string of the molecule is CC1Oc2ccc(NC(=O)CCCCCCN)cc2NC1=O.Cl. The third-order valence-electron chi connectivity index (χ3n) is 3.55. The maximum absolute atomic E-state index is 11.9. The molecule has 2 rings (SSSR count). The molecule has 6 nitrogen and oxygen atoms in total. The Morgan fingerprint density at radius 3 is 2.78 bits per heavy atom. The summed E-state index contributed by atoms with van der Waals surface area (Å²) in [5.74, 6) is 0.409. The molecule has 23 heavy (non-hydrogen) atoms. The molecule has 1 atom stereocenters. The van der Waals surface area contributed by atoms with Crippen molar-refractivity contribution in [2.24, 2.45) is 5.73 Å². The molecule has 0 saturated heterocycles. The lowest BCUT2D eigenvalue weighted by atomic mass is 10.1. The fourth-order valence-electron chi connectivity index (χ4n) is 2.29. The second-order valence-electron chi connectivity index (χ2n) is 5.46. The summed E-state index contributed by atoms with van der Waals surface area (Å²) in [5.41, 5.74) is 6.67. The molecule has 4 N–H and O–H groups in total. The molecule has 0 fully saturated rings.